The van der Waals surface area contributed by atoms with Crippen molar-refractivity contribution in [1.29, 1.82) is 0 Å². The van der Waals surface area contributed by atoms with Crippen LogP contribution in [-0.4, -0.2) is 47.5 Å². The van der Waals surface area contributed by atoms with E-state index < -0.39 is 0 Å². The van der Waals surface area contributed by atoms with Gasteiger partial charge in [-0.3, -0.25) is 9.69 Å². The molecule has 1 N–H and O–H groups in total. The first-order valence-electron chi connectivity index (χ1n) is 9.09. The lowest BCUT2D eigenvalue weighted by Gasteiger charge is -2.22. The van der Waals surface area contributed by atoms with Crippen molar-refractivity contribution in [2.75, 3.05) is 26.7 Å². The molecule has 1 aliphatic carbocycles. The van der Waals surface area contributed by atoms with Crippen LogP contribution in [0.25, 0.3) is 0 Å². The van der Waals surface area contributed by atoms with E-state index in [1.54, 1.807) is 7.11 Å². The maximum absolute atomic E-state index is 12.2. The number of amides is 1. The fraction of sp³-hybridized carbons (Fsp3) is 0.722. The second-order valence-corrected chi connectivity index (χ2v) is 7.05. The third-order valence-electron chi connectivity index (χ3n) is 5.18. The maximum atomic E-state index is 12.2. The van der Waals surface area contributed by atoms with Crippen molar-refractivity contribution in [3.63, 3.8) is 0 Å². The molecule has 0 bridgehead atoms. The molecular formula is C18H28N4O2. The molecule has 2 fully saturated rings. The monoisotopic (exact) mass is 332 g/mol. The molecule has 3 rings (SSSR count). The zero-order valence-corrected chi connectivity index (χ0v) is 14.5. The average Bonchev–Trinajstić information content (AvgIpc) is 3.08. The molecule has 0 unspecified atom stereocenters. The summed E-state index contributed by atoms with van der Waals surface area (Å²) in [7, 11) is 1.57. The summed E-state index contributed by atoms with van der Waals surface area (Å²) in [5, 5.41) is 3.19. The Morgan fingerprint density at radius 2 is 2.00 bits per heavy atom. The van der Waals surface area contributed by atoms with Crippen molar-refractivity contribution in [2.24, 2.45) is 11.8 Å². The lowest BCUT2D eigenvalue weighted by atomic mass is 9.88. The van der Waals surface area contributed by atoms with Crippen LogP contribution in [0.15, 0.2) is 12.4 Å². The van der Waals surface area contributed by atoms with Gasteiger partial charge in [-0.25, -0.2) is 9.97 Å². The molecule has 1 aromatic rings. The molecule has 2 heterocycles. The Bertz CT molecular complexity index is 528. The smallest absolute Gasteiger partial charge is 0.316 e. The van der Waals surface area contributed by atoms with Crippen molar-refractivity contribution in [2.45, 2.75) is 45.1 Å². The lowest BCUT2D eigenvalue weighted by Crippen LogP contribution is -2.36. The van der Waals surface area contributed by atoms with Crippen LogP contribution in [0, 0.1) is 11.8 Å². The van der Waals surface area contributed by atoms with E-state index in [0.29, 0.717) is 11.9 Å². The highest BCUT2D eigenvalue weighted by Gasteiger charge is 2.25. The van der Waals surface area contributed by atoms with Crippen molar-refractivity contribution >= 4 is 5.91 Å². The molecule has 0 spiro atoms. The third kappa shape index (κ3) is 4.66. The highest BCUT2D eigenvalue weighted by Crippen LogP contribution is 2.24. The van der Waals surface area contributed by atoms with E-state index in [2.05, 4.69) is 20.2 Å². The van der Waals surface area contributed by atoms with Crippen LogP contribution in [0.2, 0.25) is 0 Å². The van der Waals surface area contributed by atoms with E-state index in [0.717, 1.165) is 51.0 Å². The summed E-state index contributed by atoms with van der Waals surface area (Å²) in [6.45, 7) is 3.76. The van der Waals surface area contributed by atoms with E-state index in [1.165, 1.54) is 19.3 Å². The molecule has 6 heteroatoms. The second kappa shape index (κ2) is 8.42. The Kier molecular flexibility index (Phi) is 6.01. The summed E-state index contributed by atoms with van der Waals surface area (Å²) < 4.78 is 4.98. The van der Waals surface area contributed by atoms with Gasteiger partial charge in [0, 0.05) is 43.5 Å². The summed E-state index contributed by atoms with van der Waals surface area (Å²) in [6, 6.07) is 0.406. The van der Waals surface area contributed by atoms with E-state index in [4.69, 9.17) is 4.74 Å². The van der Waals surface area contributed by atoms with Gasteiger partial charge < -0.3 is 10.1 Å². The van der Waals surface area contributed by atoms with Crippen LogP contribution >= 0.6 is 0 Å². The van der Waals surface area contributed by atoms with Crippen molar-refractivity contribution in [1.82, 2.24) is 20.2 Å². The van der Waals surface area contributed by atoms with Gasteiger partial charge in [0.25, 0.3) is 0 Å². The zero-order chi connectivity index (χ0) is 16.8. The van der Waals surface area contributed by atoms with Crippen LogP contribution in [0.5, 0.6) is 6.01 Å². The van der Waals surface area contributed by atoms with Gasteiger partial charge in [0.2, 0.25) is 5.91 Å². The molecule has 132 valence electrons. The Morgan fingerprint density at radius 1 is 1.25 bits per heavy atom. The average molecular weight is 332 g/mol. The van der Waals surface area contributed by atoms with Crippen LogP contribution in [-0.2, 0) is 11.3 Å². The topological polar surface area (TPSA) is 67.3 Å². The van der Waals surface area contributed by atoms with Crippen molar-refractivity contribution in [3.05, 3.63) is 18.0 Å². The quantitative estimate of drug-likeness (QED) is 0.863. The standard InChI is InChI=1S/C18H28N4O2/c1-24-18-20-10-15(11-21-18)13-22-8-7-14(12-22)9-19-17(23)16-5-3-2-4-6-16/h10-11,14,16H,2-9,12-13H2,1H3,(H,19,23)/t14-/m1/s1. The predicted molar refractivity (Wildman–Crippen MR) is 91.6 cm³/mol. The largest absolute Gasteiger partial charge is 0.467 e. The maximum Gasteiger partial charge on any atom is 0.316 e. The Labute approximate surface area is 144 Å². The summed E-state index contributed by atoms with van der Waals surface area (Å²) in [5.74, 6) is 1.08. The molecule has 1 atom stereocenters. The van der Waals surface area contributed by atoms with Crippen molar-refractivity contribution < 1.29 is 9.53 Å². The Balaban J connectivity index is 1.39. The summed E-state index contributed by atoms with van der Waals surface area (Å²) >= 11 is 0. The van der Waals surface area contributed by atoms with Crippen LogP contribution in [0.3, 0.4) is 0 Å². The zero-order valence-electron chi connectivity index (χ0n) is 14.5. The molecule has 1 amide bonds. The second-order valence-electron chi connectivity index (χ2n) is 7.05. The molecule has 2 aliphatic rings. The van der Waals surface area contributed by atoms with E-state index in [-0.39, 0.29) is 11.8 Å². The minimum atomic E-state index is 0.257. The molecule has 1 saturated carbocycles. The number of nitrogens with zero attached hydrogens (tertiary/aromatic N) is 3. The highest BCUT2D eigenvalue weighted by molar-refractivity contribution is 5.78. The van der Waals surface area contributed by atoms with Crippen LogP contribution < -0.4 is 10.1 Å². The lowest BCUT2D eigenvalue weighted by molar-refractivity contribution is -0.126. The first kappa shape index (κ1) is 17.1. The van der Waals surface area contributed by atoms with Gasteiger partial charge in [-0.1, -0.05) is 19.3 Å². The summed E-state index contributed by atoms with van der Waals surface area (Å²) in [4.78, 5) is 22.9. The van der Waals surface area contributed by atoms with Gasteiger partial charge in [0.05, 0.1) is 7.11 Å². The number of likely N-dealkylation sites (tertiary alicyclic amines) is 1. The minimum Gasteiger partial charge on any atom is -0.467 e. The van der Waals surface area contributed by atoms with Crippen LogP contribution in [0.4, 0.5) is 0 Å². The Morgan fingerprint density at radius 3 is 2.71 bits per heavy atom. The first-order chi connectivity index (χ1) is 11.7. The van der Waals surface area contributed by atoms with Crippen molar-refractivity contribution in [3.8, 4) is 6.01 Å². The SMILES string of the molecule is COc1ncc(CN2CC[C@H](CNC(=O)C3CCCCC3)C2)cn1. The van der Waals surface area contributed by atoms with Crippen LogP contribution in [0.1, 0.15) is 44.1 Å². The van der Waals surface area contributed by atoms with Gasteiger partial charge in [0.15, 0.2) is 0 Å². The number of carbonyl (C=O) groups is 1. The molecule has 6 nitrogen and oxygen atoms in total. The Hall–Kier alpha value is -1.69. The number of hydrogen-bond donors (Lipinski definition) is 1. The van der Waals surface area contributed by atoms with Gasteiger partial charge >= 0.3 is 6.01 Å². The number of carbonyl (C=O) groups excluding carboxylic acids is 1. The number of rotatable bonds is 6. The number of aromatic nitrogens is 2. The van der Waals surface area contributed by atoms with E-state index >= 15 is 0 Å². The number of hydrogen-bond acceptors (Lipinski definition) is 5. The normalized spacial score (nSPS) is 22.5. The van der Waals surface area contributed by atoms with Gasteiger partial charge in [0.1, 0.15) is 0 Å². The fourth-order valence-electron chi connectivity index (χ4n) is 3.77. The van der Waals surface area contributed by atoms with Gasteiger partial charge in [-0.05, 0) is 31.7 Å². The summed E-state index contributed by atoms with van der Waals surface area (Å²) in [6.07, 6.45) is 10.6. The molecule has 0 aromatic carbocycles. The number of nitrogens with one attached hydrogen (secondary N) is 1. The molecule has 0 radical (unpaired) electrons. The highest BCUT2D eigenvalue weighted by atomic mass is 16.5. The molecule has 1 saturated heterocycles. The summed E-state index contributed by atoms with van der Waals surface area (Å²) in [5.41, 5.74) is 1.10. The van der Waals surface area contributed by atoms with Gasteiger partial charge in [-0.15, -0.1) is 0 Å². The van der Waals surface area contributed by atoms with Gasteiger partial charge in [-0.2, -0.15) is 0 Å². The fourth-order valence-corrected chi connectivity index (χ4v) is 3.77. The number of methoxy groups -OCH3 is 1. The molecule has 1 aromatic heterocycles. The molecular weight excluding hydrogens is 304 g/mol. The van der Waals surface area contributed by atoms with E-state index in [9.17, 15) is 4.79 Å². The predicted octanol–water partition coefficient (Wildman–Crippen LogP) is 2.00. The number of ether oxygens (including phenoxy) is 1. The third-order valence-corrected chi connectivity index (χ3v) is 5.18. The molecule has 24 heavy (non-hydrogen) atoms. The first-order valence-corrected chi connectivity index (χ1v) is 9.09. The van der Waals surface area contributed by atoms with E-state index in [1.807, 2.05) is 12.4 Å². The minimum absolute atomic E-state index is 0.257. The molecule has 1 aliphatic heterocycles.